The molecule has 0 radical (unpaired) electrons. The van der Waals surface area contributed by atoms with E-state index in [1.54, 1.807) is 35.2 Å². The fourth-order valence-corrected chi connectivity index (χ4v) is 4.48. The number of benzene rings is 3. The number of nitrogens with zero attached hydrogens (tertiary/aromatic N) is 1. The minimum absolute atomic E-state index is 0.0210. The van der Waals surface area contributed by atoms with Crippen molar-refractivity contribution in [2.45, 2.75) is 40.0 Å². The third-order valence-electron chi connectivity index (χ3n) is 6.44. The second-order valence-corrected chi connectivity index (χ2v) is 10.2. The number of esters is 1. The van der Waals surface area contributed by atoms with Gasteiger partial charge in [-0.3, -0.25) is 14.4 Å². The van der Waals surface area contributed by atoms with Crippen molar-refractivity contribution in [3.8, 4) is 11.5 Å². The van der Waals surface area contributed by atoms with Crippen LogP contribution in [0.15, 0.2) is 60.7 Å². The maximum absolute atomic E-state index is 12.7. The number of anilines is 2. The molecular formula is C30H31ClN2O5. The van der Waals surface area contributed by atoms with Gasteiger partial charge in [0.2, 0.25) is 5.91 Å². The zero-order valence-corrected chi connectivity index (χ0v) is 22.7. The third-order valence-corrected chi connectivity index (χ3v) is 6.68. The molecule has 1 N–H and O–H groups in total. The summed E-state index contributed by atoms with van der Waals surface area (Å²) in [5.41, 5.74) is 4.28. The molecule has 1 fully saturated rings. The van der Waals surface area contributed by atoms with Crippen LogP contribution in [0.5, 0.6) is 11.5 Å². The molecule has 7 nitrogen and oxygen atoms in total. The molecular weight excluding hydrogens is 504 g/mol. The lowest BCUT2D eigenvalue weighted by Gasteiger charge is -2.18. The van der Waals surface area contributed by atoms with Crippen LogP contribution >= 0.6 is 11.6 Å². The number of nitrogens with one attached hydrogen (secondary N) is 1. The van der Waals surface area contributed by atoms with Gasteiger partial charge in [0.1, 0.15) is 11.5 Å². The molecule has 0 bridgehead atoms. The topological polar surface area (TPSA) is 84.9 Å². The number of hydrogen-bond donors (Lipinski definition) is 1. The highest BCUT2D eigenvalue weighted by Gasteiger charge is 2.36. The van der Waals surface area contributed by atoms with Crippen LogP contribution < -0.4 is 15.0 Å². The highest BCUT2D eigenvalue weighted by molar-refractivity contribution is 6.31. The predicted molar refractivity (Wildman–Crippen MR) is 148 cm³/mol. The summed E-state index contributed by atoms with van der Waals surface area (Å²) in [6.45, 7) is 7.83. The minimum Gasteiger partial charge on any atom is -0.457 e. The van der Waals surface area contributed by atoms with E-state index in [2.05, 4.69) is 31.3 Å². The summed E-state index contributed by atoms with van der Waals surface area (Å²) >= 11 is 5.98. The van der Waals surface area contributed by atoms with Crippen molar-refractivity contribution in [1.29, 1.82) is 0 Å². The molecule has 0 aliphatic carbocycles. The molecule has 1 saturated heterocycles. The number of amides is 2. The van der Waals surface area contributed by atoms with Crippen LogP contribution in [0, 0.1) is 19.8 Å². The quantitative estimate of drug-likeness (QED) is 0.338. The number of halogens is 1. The Bertz CT molecular complexity index is 1350. The predicted octanol–water partition coefficient (Wildman–Crippen LogP) is 6.41. The Balaban J connectivity index is 1.33. The van der Waals surface area contributed by atoms with Gasteiger partial charge < -0.3 is 19.7 Å². The van der Waals surface area contributed by atoms with E-state index in [0.717, 1.165) is 22.4 Å². The number of carbonyl (C=O) groups excluding carboxylic acids is 3. The zero-order chi connectivity index (χ0) is 27.4. The fraction of sp³-hybridized carbons (Fsp3) is 0.300. The molecule has 2 amide bonds. The second kappa shape index (κ2) is 11.7. The number of ether oxygens (including phenoxy) is 2. The average Bonchev–Trinajstić information content (AvgIpc) is 3.26. The average molecular weight is 535 g/mol. The Morgan fingerprint density at radius 2 is 1.79 bits per heavy atom. The van der Waals surface area contributed by atoms with Gasteiger partial charge in [-0.15, -0.1) is 0 Å². The Kier molecular flexibility index (Phi) is 8.37. The highest BCUT2D eigenvalue weighted by atomic mass is 35.5. The van der Waals surface area contributed by atoms with Gasteiger partial charge in [0.25, 0.3) is 5.91 Å². The van der Waals surface area contributed by atoms with Crippen molar-refractivity contribution in [2.75, 3.05) is 23.4 Å². The van der Waals surface area contributed by atoms with Crippen LogP contribution in [0.1, 0.15) is 42.9 Å². The summed E-state index contributed by atoms with van der Waals surface area (Å²) in [6, 6.07) is 18.5. The first-order chi connectivity index (χ1) is 18.1. The Hall–Kier alpha value is -3.84. The van der Waals surface area contributed by atoms with E-state index >= 15 is 0 Å². The SMILES string of the molecule is Cc1ccc(C(C)C)c(Oc2ccc(N3C[C@H](C(=O)OCC(=O)Nc4cc(Cl)ccc4C)CC3=O)cc2)c1. The molecule has 0 aromatic heterocycles. The van der Waals surface area contributed by atoms with E-state index in [-0.39, 0.29) is 18.9 Å². The first-order valence-electron chi connectivity index (χ1n) is 12.5. The Labute approximate surface area is 227 Å². The van der Waals surface area contributed by atoms with Gasteiger partial charge in [0.15, 0.2) is 6.61 Å². The molecule has 0 unspecified atom stereocenters. The van der Waals surface area contributed by atoms with Crippen LogP contribution in [-0.4, -0.2) is 30.9 Å². The van der Waals surface area contributed by atoms with Crippen LogP contribution in [-0.2, 0) is 19.1 Å². The third kappa shape index (κ3) is 6.53. The van der Waals surface area contributed by atoms with Crippen LogP contribution in [0.4, 0.5) is 11.4 Å². The van der Waals surface area contributed by atoms with Gasteiger partial charge in [0.05, 0.1) is 5.92 Å². The normalized spacial score (nSPS) is 15.1. The maximum Gasteiger partial charge on any atom is 0.311 e. The number of rotatable bonds is 8. The van der Waals surface area contributed by atoms with Crippen molar-refractivity contribution in [2.24, 2.45) is 5.92 Å². The van der Waals surface area contributed by atoms with Gasteiger partial charge in [-0.05, 0) is 78.9 Å². The van der Waals surface area contributed by atoms with Gasteiger partial charge >= 0.3 is 5.97 Å². The van der Waals surface area contributed by atoms with Crippen LogP contribution in [0.2, 0.25) is 5.02 Å². The second-order valence-electron chi connectivity index (χ2n) is 9.81. The molecule has 198 valence electrons. The molecule has 4 rings (SSSR count). The lowest BCUT2D eigenvalue weighted by Crippen LogP contribution is -2.28. The summed E-state index contributed by atoms with van der Waals surface area (Å²) in [4.78, 5) is 39.1. The Morgan fingerprint density at radius 3 is 2.50 bits per heavy atom. The standard InChI is InChI=1S/C30H31ClN2O5/c1-18(2)25-12-5-19(3)13-27(25)38-24-10-8-23(9-11-24)33-16-21(14-29(33)35)30(36)37-17-28(34)32-26-15-22(31)7-6-20(26)4/h5-13,15,18,21H,14,16-17H2,1-4H3,(H,32,34)/t21-/m1/s1. The Morgan fingerprint density at radius 1 is 1.05 bits per heavy atom. The summed E-state index contributed by atoms with van der Waals surface area (Å²) in [5.74, 6) is -0.113. The van der Waals surface area contributed by atoms with Crippen molar-refractivity contribution < 1.29 is 23.9 Å². The van der Waals surface area contributed by atoms with Gasteiger partial charge in [-0.2, -0.15) is 0 Å². The maximum atomic E-state index is 12.7. The summed E-state index contributed by atoms with van der Waals surface area (Å²) in [7, 11) is 0. The summed E-state index contributed by atoms with van der Waals surface area (Å²) < 4.78 is 11.3. The zero-order valence-electron chi connectivity index (χ0n) is 21.9. The molecule has 38 heavy (non-hydrogen) atoms. The van der Waals surface area contributed by atoms with E-state index in [0.29, 0.717) is 28.1 Å². The minimum atomic E-state index is -0.653. The van der Waals surface area contributed by atoms with Gasteiger partial charge in [-0.1, -0.05) is 43.6 Å². The van der Waals surface area contributed by atoms with Crippen molar-refractivity contribution in [3.05, 3.63) is 82.4 Å². The van der Waals surface area contributed by atoms with E-state index in [1.807, 2.05) is 32.0 Å². The van der Waals surface area contributed by atoms with Crippen LogP contribution in [0.3, 0.4) is 0 Å². The largest absolute Gasteiger partial charge is 0.457 e. The highest BCUT2D eigenvalue weighted by Crippen LogP contribution is 2.33. The molecule has 1 aliphatic heterocycles. The smallest absolute Gasteiger partial charge is 0.311 e. The lowest BCUT2D eigenvalue weighted by atomic mass is 10.0. The van der Waals surface area contributed by atoms with E-state index < -0.39 is 24.4 Å². The lowest BCUT2D eigenvalue weighted by molar-refractivity contribution is -0.151. The molecule has 1 aliphatic rings. The monoisotopic (exact) mass is 534 g/mol. The van der Waals surface area contributed by atoms with Crippen molar-refractivity contribution >= 4 is 40.8 Å². The van der Waals surface area contributed by atoms with E-state index in [9.17, 15) is 14.4 Å². The molecule has 1 atom stereocenters. The first kappa shape index (κ1) is 27.2. The van der Waals surface area contributed by atoms with Gasteiger partial charge in [-0.25, -0.2) is 0 Å². The number of carbonyl (C=O) groups is 3. The van der Waals surface area contributed by atoms with Crippen molar-refractivity contribution in [3.63, 3.8) is 0 Å². The summed E-state index contributed by atoms with van der Waals surface area (Å²) in [5, 5.41) is 3.17. The van der Waals surface area contributed by atoms with Crippen molar-refractivity contribution in [1.82, 2.24) is 0 Å². The molecule has 3 aromatic carbocycles. The fourth-order valence-electron chi connectivity index (χ4n) is 4.31. The van der Waals surface area contributed by atoms with Crippen LogP contribution in [0.25, 0.3) is 0 Å². The molecule has 1 heterocycles. The van der Waals surface area contributed by atoms with E-state index in [1.165, 1.54) is 0 Å². The molecule has 3 aromatic rings. The molecule has 8 heteroatoms. The number of hydrogen-bond acceptors (Lipinski definition) is 5. The van der Waals surface area contributed by atoms with E-state index in [4.69, 9.17) is 21.1 Å². The molecule has 0 saturated carbocycles. The summed E-state index contributed by atoms with van der Waals surface area (Å²) in [6.07, 6.45) is 0.0210. The molecule has 0 spiro atoms. The number of aryl methyl sites for hydroxylation is 2. The van der Waals surface area contributed by atoms with Gasteiger partial charge in [0, 0.05) is 29.4 Å². The first-order valence-corrected chi connectivity index (χ1v) is 12.9.